The second-order valence-corrected chi connectivity index (χ2v) is 5.52. The molecule has 0 spiro atoms. The number of hydrogen-bond acceptors (Lipinski definition) is 5. The predicted octanol–water partition coefficient (Wildman–Crippen LogP) is 3.96. The van der Waals surface area contributed by atoms with Crippen molar-refractivity contribution in [1.82, 2.24) is 9.97 Å². The lowest BCUT2D eigenvalue weighted by Gasteiger charge is -2.02. The first kappa shape index (κ1) is 14.5. The second-order valence-electron chi connectivity index (χ2n) is 5.52. The quantitative estimate of drug-likeness (QED) is 0.728. The maximum atomic E-state index is 5.84. The largest absolute Gasteiger partial charge is 0.457 e. The SMILES string of the molecule is Cc1cccc(-c2cnc(C3=C(Cc4ccccc4)OCO3)o2)n1. The zero-order valence-electron chi connectivity index (χ0n) is 13.2. The van der Waals surface area contributed by atoms with E-state index in [-0.39, 0.29) is 6.79 Å². The minimum absolute atomic E-state index is 0.178. The van der Waals surface area contributed by atoms with E-state index < -0.39 is 0 Å². The summed E-state index contributed by atoms with van der Waals surface area (Å²) < 4.78 is 17.0. The van der Waals surface area contributed by atoms with Gasteiger partial charge in [-0.1, -0.05) is 36.4 Å². The van der Waals surface area contributed by atoms with Crippen LogP contribution in [0.1, 0.15) is 17.1 Å². The van der Waals surface area contributed by atoms with E-state index in [1.165, 1.54) is 0 Å². The molecule has 1 aliphatic heterocycles. The Morgan fingerprint density at radius 3 is 2.71 bits per heavy atom. The number of oxazole rings is 1. The van der Waals surface area contributed by atoms with Gasteiger partial charge >= 0.3 is 0 Å². The van der Waals surface area contributed by atoms with Gasteiger partial charge in [-0.25, -0.2) is 9.97 Å². The molecule has 2 aromatic heterocycles. The van der Waals surface area contributed by atoms with Crippen LogP contribution in [0.4, 0.5) is 0 Å². The van der Waals surface area contributed by atoms with Crippen LogP contribution in [0.5, 0.6) is 0 Å². The molecule has 1 aliphatic rings. The van der Waals surface area contributed by atoms with E-state index in [4.69, 9.17) is 13.9 Å². The molecule has 0 bridgehead atoms. The number of pyridine rings is 1. The van der Waals surface area contributed by atoms with Crippen LogP contribution >= 0.6 is 0 Å². The van der Waals surface area contributed by atoms with Crippen molar-refractivity contribution < 1.29 is 13.9 Å². The topological polar surface area (TPSA) is 57.4 Å². The molecule has 0 aliphatic carbocycles. The third-order valence-corrected chi connectivity index (χ3v) is 3.74. The number of nitrogens with zero attached hydrogens (tertiary/aromatic N) is 2. The summed E-state index contributed by atoms with van der Waals surface area (Å²) in [5.41, 5.74) is 2.82. The first-order chi connectivity index (χ1) is 11.8. The van der Waals surface area contributed by atoms with Crippen LogP contribution in [-0.2, 0) is 15.9 Å². The van der Waals surface area contributed by atoms with Gasteiger partial charge in [0.15, 0.2) is 11.5 Å². The minimum atomic E-state index is 0.178. The number of benzene rings is 1. The zero-order valence-corrected chi connectivity index (χ0v) is 13.2. The van der Waals surface area contributed by atoms with Crippen LogP contribution in [0.25, 0.3) is 17.2 Å². The molecule has 0 N–H and O–H groups in total. The molecule has 4 rings (SSSR count). The van der Waals surface area contributed by atoms with E-state index in [1.807, 2.05) is 55.5 Å². The second kappa shape index (κ2) is 6.20. The van der Waals surface area contributed by atoms with Crippen molar-refractivity contribution >= 4 is 5.76 Å². The van der Waals surface area contributed by atoms with Gasteiger partial charge in [-0.2, -0.15) is 0 Å². The number of rotatable bonds is 4. The monoisotopic (exact) mass is 320 g/mol. The molecule has 120 valence electrons. The summed E-state index contributed by atoms with van der Waals surface area (Å²) in [5, 5.41) is 0. The molecule has 5 heteroatoms. The summed E-state index contributed by atoms with van der Waals surface area (Å²) >= 11 is 0. The van der Waals surface area contributed by atoms with Crippen molar-refractivity contribution in [3.05, 3.63) is 77.6 Å². The Labute approximate surface area is 139 Å². The van der Waals surface area contributed by atoms with Gasteiger partial charge in [-0.3, -0.25) is 0 Å². The number of aromatic nitrogens is 2. The van der Waals surface area contributed by atoms with Crippen molar-refractivity contribution in [3.63, 3.8) is 0 Å². The highest BCUT2D eigenvalue weighted by Crippen LogP contribution is 2.30. The van der Waals surface area contributed by atoms with Gasteiger partial charge in [-0.15, -0.1) is 0 Å². The van der Waals surface area contributed by atoms with Gasteiger partial charge in [-0.05, 0) is 24.6 Å². The van der Waals surface area contributed by atoms with Crippen molar-refractivity contribution in [2.75, 3.05) is 6.79 Å². The normalized spacial score (nSPS) is 13.7. The number of hydrogen-bond donors (Lipinski definition) is 0. The molecule has 5 nitrogen and oxygen atoms in total. The van der Waals surface area contributed by atoms with Crippen molar-refractivity contribution in [2.24, 2.45) is 0 Å². The van der Waals surface area contributed by atoms with Gasteiger partial charge in [0, 0.05) is 12.1 Å². The van der Waals surface area contributed by atoms with Crippen LogP contribution in [0, 0.1) is 6.92 Å². The summed E-state index contributed by atoms with van der Waals surface area (Å²) in [7, 11) is 0. The highest BCUT2D eigenvalue weighted by atomic mass is 16.7. The lowest BCUT2D eigenvalue weighted by atomic mass is 10.1. The standard InChI is InChI=1S/C19H16N2O3/c1-13-6-5-9-15(21-13)17-11-20-19(24-17)18-16(22-12-23-18)10-14-7-3-2-4-8-14/h2-9,11H,10,12H2,1H3. The van der Waals surface area contributed by atoms with E-state index in [0.717, 1.165) is 22.7 Å². The fourth-order valence-corrected chi connectivity index (χ4v) is 2.58. The van der Waals surface area contributed by atoms with Crippen molar-refractivity contribution in [2.45, 2.75) is 13.3 Å². The van der Waals surface area contributed by atoms with Gasteiger partial charge < -0.3 is 13.9 Å². The van der Waals surface area contributed by atoms with E-state index in [2.05, 4.69) is 9.97 Å². The molecule has 3 heterocycles. The maximum absolute atomic E-state index is 5.84. The molecule has 0 fully saturated rings. The van der Waals surface area contributed by atoms with E-state index >= 15 is 0 Å². The first-order valence-corrected chi connectivity index (χ1v) is 7.72. The molecule has 0 atom stereocenters. The minimum Gasteiger partial charge on any atom is -0.457 e. The molecule has 0 radical (unpaired) electrons. The van der Waals surface area contributed by atoms with Crippen LogP contribution in [0.3, 0.4) is 0 Å². The summed E-state index contributed by atoms with van der Waals surface area (Å²) in [5.74, 6) is 2.30. The molecule has 24 heavy (non-hydrogen) atoms. The van der Waals surface area contributed by atoms with E-state index in [9.17, 15) is 0 Å². The van der Waals surface area contributed by atoms with Crippen LogP contribution in [0.15, 0.2) is 64.9 Å². The van der Waals surface area contributed by atoms with E-state index in [0.29, 0.717) is 23.8 Å². The summed E-state index contributed by atoms with van der Waals surface area (Å²) in [6.07, 6.45) is 2.29. The molecular weight excluding hydrogens is 304 g/mol. The first-order valence-electron chi connectivity index (χ1n) is 7.72. The molecule has 0 saturated carbocycles. The highest BCUT2D eigenvalue weighted by Gasteiger charge is 2.24. The van der Waals surface area contributed by atoms with Crippen LogP contribution in [-0.4, -0.2) is 16.8 Å². The van der Waals surface area contributed by atoms with Gasteiger partial charge in [0.1, 0.15) is 5.69 Å². The van der Waals surface area contributed by atoms with Gasteiger partial charge in [0.05, 0.1) is 6.20 Å². The third-order valence-electron chi connectivity index (χ3n) is 3.74. The molecule has 0 unspecified atom stereocenters. The van der Waals surface area contributed by atoms with E-state index in [1.54, 1.807) is 6.20 Å². The Morgan fingerprint density at radius 2 is 1.88 bits per heavy atom. The summed E-state index contributed by atoms with van der Waals surface area (Å²) in [6, 6.07) is 15.8. The molecule has 0 saturated heterocycles. The Hall–Kier alpha value is -3.08. The lowest BCUT2D eigenvalue weighted by Crippen LogP contribution is -1.93. The average Bonchev–Trinajstić information content (AvgIpc) is 3.25. The molecule has 1 aromatic carbocycles. The zero-order chi connectivity index (χ0) is 16.4. The Kier molecular flexibility index (Phi) is 3.75. The molecule has 3 aromatic rings. The molecular formula is C19H16N2O3. The lowest BCUT2D eigenvalue weighted by molar-refractivity contribution is 0.0844. The Balaban J connectivity index is 1.64. The summed E-state index contributed by atoms with van der Waals surface area (Å²) in [6.45, 7) is 2.12. The van der Waals surface area contributed by atoms with Crippen molar-refractivity contribution in [3.8, 4) is 11.5 Å². The average molecular weight is 320 g/mol. The number of ether oxygens (including phenoxy) is 2. The van der Waals surface area contributed by atoms with Gasteiger partial charge in [0.2, 0.25) is 12.6 Å². The van der Waals surface area contributed by atoms with Crippen molar-refractivity contribution in [1.29, 1.82) is 0 Å². The number of allylic oxidation sites excluding steroid dienone is 1. The fraction of sp³-hybridized carbons (Fsp3) is 0.158. The summed E-state index contributed by atoms with van der Waals surface area (Å²) in [4.78, 5) is 8.77. The van der Waals surface area contributed by atoms with Crippen LogP contribution in [0.2, 0.25) is 0 Å². The fourth-order valence-electron chi connectivity index (χ4n) is 2.58. The maximum Gasteiger partial charge on any atom is 0.266 e. The molecule has 0 amide bonds. The number of aryl methyl sites for hydroxylation is 1. The Morgan fingerprint density at radius 1 is 1.00 bits per heavy atom. The smallest absolute Gasteiger partial charge is 0.266 e. The van der Waals surface area contributed by atoms with Crippen LogP contribution < -0.4 is 0 Å². The predicted molar refractivity (Wildman–Crippen MR) is 88.6 cm³/mol. The van der Waals surface area contributed by atoms with Gasteiger partial charge in [0.25, 0.3) is 5.89 Å². The Bertz CT molecular complexity index is 884. The highest BCUT2D eigenvalue weighted by molar-refractivity contribution is 5.59. The third kappa shape index (κ3) is 2.88.